The molecule has 0 saturated carbocycles. The summed E-state index contributed by atoms with van der Waals surface area (Å²) in [6.07, 6.45) is 1.12. The quantitative estimate of drug-likeness (QED) is 0.346. The van der Waals surface area contributed by atoms with Crippen LogP contribution in [-0.2, 0) is 16.6 Å². The van der Waals surface area contributed by atoms with Gasteiger partial charge >= 0.3 is 0 Å². The van der Waals surface area contributed by atoms with Crippen LogP contribution in [-0.4, -0.2) is 31.8 Å². The molecule has 162 valence electrons. The molecule has 3 aromatic carbocycles. The Bertz CT molecular complexity index is 1580. The standard InChI is InChI=1S/C24H22N4O3S/c1-31-21-13-16(28-32(2,29)30)12-11-15(21)14-25-22-17-7-3-5-9-19(17)26-23-18-8-4-6-10-20(18)27-24(22)23/h3-13,27-28H,14H2,1-2H3,(H,25,26). The van der Waals surface area contributed by atoms with Crippen LogP contribution in [0.2, 0.25) is 0 Å². The summed E-state index contributed by atoms with van der Waals surface area (Å²) in [6, 6.07) is 21.4. The summed E-state index contributed by atoms with van der Waals surface area (Å²) in [4.78, 5) is 8.41. The van der Waals surface area contributed by atoms with Crippen molar-refractivity contribution in [1.29, 1.82) is 0 Å². The highest BCUT2D eigenvalue weighted by atomic mass is 32.2. The van der Waals surface area contributed by atoms with Gasteiger partial charge in [0.25, 0.3) is 0 Å². The number of nitrogens with one attached hydrogen (secondary N) is 3. The second kappa shape index (κ2) is 7.72. The molecule has 0 amide bonds. The molecule has 0 radical (unpaired) electrons. The number of hydrogen-bond acceptors (Lipinski definition) is 5. The number of nitrogens with zero attached hydrogens (tertiary/aromatic N) is 1. The summed E-state index contributed by atoms with van der Waals surface area (Å²) < 4.78 is 31.1. The third-order valence-electron chi connectivity index (χ3n) is 5.38. The Hall–Kier alpha value is -3.78. The fourth-order valence-electron chi connectivity index (χ4n) is 4.00. The van der Waals surface area contributed by atoms with Crippen LogP contribution in [0.25, 0.3) is 32.8 Å². The van der Waals surface area contributed by atoms with Gasteiger partial charge in [-0.15, -0.1) is 0 Å². The molecule has 0 spiro atoms. The molecule has 8 heteroatoms. The maximum absolute atomic E-state index is 11.5. The Morgan fingerprint density at radius 1 is 1.00 bits per heavy atom. The molecule has 0 atom stereocenters. The van der Waals surface area contributed by atoms with Gasteiger partial charge in [-0.3, -0.25) is 4.72 Å². The van der Waals surface area contributed by atoms with Crippen LogP contribution in [0.3, 0.4) is 0 Å². The lowest BCUT2D eigenvalue weighted by Crippen LogP contribution is -2.10. The van der Waals surface area contributed by atoms with Crippen molar-refractivity contribution in [2.24, 2.45) is 0 Å². The van der Waals surface area contributed by atoms with Crippen LogP contribution in [0.5, 0.6) is 5.75 Å². The fraction of sp³-hybridized carbons (Fsp3) is 0.125. The van der Waals surface area contributed by atoms with Gasteiger partial charge < -0.3 is 15.0 Å². The SMILES string of the molecule is COc1cc(NS(C)(=O)=O)ccc1CNc1c2ccccc2nc2c1[nH]c1ccccc12. The van der Waals surface area contributed by atoms with Crippen LogP contribution in [0.15, 0.2) is 66.7 Å². The largest absolute Gasteiger partial charge is 0.496 e. The molecule has 0 bridgehead atoms. The van der Waals surface area contributed by atoms with Crippen LogP contribution >= 0.6 is 0 Å². The molecule has 5 rings (SSSR count). The van der Waals surface area contributed by atoms with Gasteiger partial charge in [0.2, 0.25) is 10.0 Å². The minimum Gasteiger partial charge on any atom is -0.496 e. The average molecular weight is 447 g/mol. The minimum absolute atomic E-state index is 0.459. The first-order valence-electron chi connectivity index (χ1n) is 10.1. The van der Waals surface area contributed by atoms with Gasteiger partial charge in [0.15, 0.2) is 0 Å². The van der Waals surface area contributed by atoms with Gasteiger partial charge in [0.05, 0.1) is 41.3 Å². The fourth-order valence-corrected chi connectivity index (χ4v) is 4.55. The summed E-state index contributed by atoms with van der Waals surface area (Å²) in [5.74, 6) is 0.595. The van der Waals surface area contributed by atoms with Gasteiger partial charge in [0.1, 0.15) is 5.75 Å². The van der Waals surface area contributed by atoms with E-state index in [0.29, 0.717) is 18.0 Å². The van der Waals surface area contributed by atoms with Gasteiger partial charge in [-0.05, 0) is 18.2 Å². The van der Waals surface area contributed by atoms with E-state index in [4.69, 9.17) is 9.72 Å². The zero-order valence-electron chi connectivity index (χ0n) is 17.6. The van der Waals surface area contributed by atoms with Crippen molar-refractivity contribution in [1.82, 2.24) is 9.97 Å². The number of aromatic amines is 1. The predicted octanol–water partition coefficient (Wildman–Crippen LogP) is 4.86. The Kier molecular flexibility index (Phi) is 4.86. The van der Waals surface area contributed by atoms with Crippen molar-refractivity contribution in [2.75, 3.05) is 23.4 Å². The Labute approximate surface area is 185 Å². The summed E-state index contributed by atoms with van der Waals surface area (Å²) in [6.45, 7) is 0.487. The van der Waals surface area contributed by atoms with E-state index in [0.717, 1.165) is 50.3 Å². The lowest BCUT2D eigenvalue weighted by atomic mass is 10.1. The monoisotopic (exact) mass is 446 g/mol. The Morgan fingerprint density at radius 3 is 2.53 bits per heavy atom. The number of H-pyrrole nitrogens is 1. The number of benzene rings is 3. The van der Waals surface area contributed by atoms with Gasteiger partial charge in [-0.25, -0.2) is 13.4 Å². The average Bonchev–Trinajstić information content (AvgIpc) is 3.14. The Morgan fingerprint density at radius 2 is 1.75 bits per heavy atom. The van der Waals surface area contributed by atoms with Crippen molar-refractivity contribution in [3.63, 3.8) is 0 Å². The number of aromatic nitrogens is 2. The molecule has 32 heavy (non-hydrogen) atoms. The third kappa shape index (κ3) is 3.69. The number of anilines is 2. The van der Waals surface area contributed by atoms with Crippen molar-refractivity contribution in [3.05, 3.63) is 72.3 Å². The molecule has 5 aromatic rings. The number of para-hydroxylation sites is 2. The van der Waals surface area contributed by atoms with Crippen molar-refractivity contribution < 1.29 is 13.2 Å². The molecular weight excluding hydrogens is 424 g/mol. The topological polar surface area (TPSA) is 96.1 Å². The van der Waals surface area contributed by atoms with Crippen LogP contribution in [0.4, 0.5) is 11.4 Å². The van der Waals surface area contributed by atoms with E-state index in [1.807, 2.05) is 48.5 Å². The molecule has 2 heterocycles. The van der Waals surface area contributed by atoms with Crippen molar-refractivity contribution in [2.45, 2.75) is 6.54 Å². The lowest BCUT2D eigenvalue weighted by Gasteiger charge is -2.15. The molecule has 0 aliphatic heterocycles. The number of pyridine rings is 1. The molecule has 0 saturated heterocycles. The molecule has 0 fully saturated rings. The van der Waals surface area contributed by atoms with E-state index < -0.39 is 10.0 Å². The van der Waals surface area contributed by atoms with Crippen molar-refractivity contribution in [3.8, 4) is 5.75 Å². The van der Waals surface area contributed by atoms with Crippen LogP contribution in [0.1, 0.15) is 5.56 Å². The number of fused-ring (bicyclic) bond motifs is 4. The van der Waals surface area contributed by atoms with E-state index in [1.54, 1.807) is 19.2 Å². The predicted molar refractivity (Wildman–Crippen MR) is 130 cm³/mol. The van der Waals surface area contributed by atoms with E-state index in [9.17, 15) is 8.42 Å². The second-order valence-electron chi connectivity index (χ2n) is 7.65. The zero-order valence-corrected chi connectivity index (χ0v) is 18.5. The molecule has 0 unspecified atom stereocenters. The number of sulfonamides is 1. The third-order valence-corrected chi connectivity index (χ3v) is 5.99. The summed E-state index contributed by atoms with van der Waals surface area (Å²) in [5.41, 5.74) is 6.12. The normalized spacial score (nSPS) is 11.8. The summed E-state index contributed by atoms with van der Waals surface area (Å²) in [5, 5.41) is 5.65. The maximum atomic E-state index is 11.5. The minimum atomic E-state index is -3.36. The second-order valence-corrected chi connectivity index (χ2v) is 9.40. The van der Waals surface area contributed by atoms with E-state index in [1.165, 1.54) is 0 Å². The highest BCUT2D eigenvalue weighted by Crippen LogP contribution is 2.35. The van der Waals surface area contributed by atoms with Crippen LogP contribution in [0, 0.1) is 0 Å². The zero-order chi connectivity index (χ0) is 22.3. The number of hydrogen-bond donors (Lipinski definition) is 3. The van der Waals surface area contributed by atoms with E-state index in [2.05, 4.69) is 21.1 Å². The summed E-state index contributed by atoms with van der Waals surface area (Å²) in [7, 11) is -1.79. The lowest BCUT2D eigenvalue weighted by molar-refractivity contribution is 0.410. The highest BCUT2D eigenvalue weighted by Gasteiger charge is 2.15. The van der Waals surface area contributed by atoms with Crippen LogP contribution < -0.4 is 14.8 Å². The first-order valence-corrected chi connectivity index (χ1v) is 12.0. The molecule has 0 aliphatic carbocycles. The van der Waals surface area contributed by atoms with E-state index >= 15 is 0 Å². The highest BCUT2D eigenvalue weighted by molar-refractivity contribution is 7.92. The number of rotatable bonds is 6. The molecule has 0 aliphatic rings. The molecule has 7 nitrogen and oxygen atoms in total. The Balaban J connectivity index is 1.58. The van der Waals surface area contributed by atoms with Gasteiger partial charge in [-0.2, -0.15) is 0 Å². The molecule has 3 N–H and O–H groups in total. The van der Waals surface area contributed by atoms with Gasteiger partial charge in [0, 0.05) is 34.5 Å². The van der Waals surface area contributed by atoms with Crippen molar-refractivity contribution >= 4 is 54.2 Å². The first kappa shape index (κ1) is 20.1. The maximum Gasteiger partial charge on any atom is 0.229 e. The number of methoxy groups -OCH3 is 1. The summed E-state index contributed by atoms with van der Waals surface area (Å²) >= 11 is 0. The molecular formula is C24H22N4O3S. The molecule has 2 aromatic heterocycles. The smallest absolute Gasteiger partial charge is 0.229 e. The number of ether oxygens (including phenoxy) is 1. The van der Waals surface area contributed by atoms with Gasteiger partial charge in [-0.1, -0.05) is 42.5 Å². The first-order chi connectivity index (χ1) is 15.4. The van der Waals surface area contributed by atoms with E-state index in [-0.39, 0.29) is 0 Å².